The quantitative estimate of drug-likeness (QED) is 0.480. The average molecular weight is 454 g/mol. The number of methoxy groups -OCH3 is 1. The standard InChI is InChI=1S/C24H21F2N3O2S/c1-15(30)29-23(17-8-12-19(31-2)13-9-17)14-22(27-29)16-6-10-18(11-7-16)28-32-24-20(25)4-3-5-21(24)26/h3-13,23,28H,14H2,1-2H3. The molecule has 3 aromatic rings. The number of benzene rings is 3. The molecule has 1 N–H and O–H groups in total. The molecule has 0 fully saturated rings. The summed E-state index contributed by atoms with van der Waals surface area (Å²) in [6.07, 6.45) is 0.577. The monoisotopic (exact) mass is 453 g/mol. The Balaban J connectivity index is 1.48. The van der Waals surface area contributed by atoms with Crippen LogP contribution in [0.4, 0.5) is 14.5 Å². The van der Waals surface area contributed by atoms with Crippen LogP contribution in [0.25, 0.3) is 0 Å². The minimum Gasteiger partial charge on any atom is -0.497 e. The number of carbonyl (C=O) groups is 1. The zero-order valence-corrected chi connectivity index (χ0v) is 18.3. The number of hydrogen-bond acceptors (Lipinski definition) is 5. The van der Waals surface area contributed by atoms with Crippen LogP contribution in [-0.4, -0.2) is 23.7 Å². The fraction of sp³-hybridized carbons (Fsp3) is 0.167. The Morgan fingerprint density at radius 3 is 2.31 bits per heavy atom. The summed E-state index contributed by atoms with van der Waals surface area (Å²) in [7, 11) is 1.61. The lowest BCUT2D eigenvalue weighted by Crippen LogP contribution is -2.24. The van der Waals surface area contributed by atoms with Crippen LogP contribution in [0.3, 0.4) is 0 Å². The highest BCUT2D eigenvalue weighted by atomic mass is 32.2. The molecule has 1 atom stereocenters. The molecular formula is C24H21F2N3O2S. The molecule has 1 unspecified atom stereocenters. The van der Waals surface area contributed by atoms with Crippen molar-refractivity contribution in [1.29, 1.82) is 0 Å². The van der Waals surface area contributed by atoms with Crippen molar-refractivity contribution in [3.05, 3.63) is 89.5 Å². The van der Waals surface area contributed by atoms with Gasteiger partial charge in [-0.2, -0.15) is 5.10 Å². The van der Waals surface area contributed by atoms with E-state index in [-0.39, 0.29) is 16.8 Å². The molecule has 0 aromatic heterocycles. The van der Waals surface area contributed by atoms with Crippen molar-refractivity contribution in [2.45, 2.75) is 24.3 Å². The van der Waals surface area contributed by atoms with Gasteiger partial charge in [0.15, 0.2) is 0 Å². The van der Waals surface area contributed by atoms with Crippen molar-refractivity contribution >= 4 is 29.3 Å². The Morgan fingerprint density at radius 2 is 1.72 bits per heavy atom. The normalized spacial score (nSPS) is 15.4. The Kier molecular flexibility index (Phi) is 6.41. The molecule has 0 saturated carbocycles. The van der Waals surface area contributed by atoms with Crippen molar-refractivity contribution in [3.8, 4) is 5.75 Å². The van der Waals surface area contributed by atoms with Crippen molar-refractivity contribution < 1.29 is 18.3 Å². The third kappa shape index (κ3) is 4.60. The van der Waals surface area contributed by atoms with Gasteiger partial charge in [-0.25, -0.2) is 13.8 Å². The first-order chi connectivity index (χ1) is 15.5. The van der Waals surface area contributed by atoms with Crippen LogP contribution >= 0.6 is 11.9 Å². The van der Waals surface area contributed by atoms with Crippen molar-refractivity contribution in [2.75, 3.05) is 11.8 Å². The van der Waals surface area contributed by atoms with Crippen LogP contribution in [0.1, 0.15) is 30.5 Å². The molecule has 5 nitrogen and oxygen atoms in total. The minimum absolute atomic E-state index is 0.0869. The number of amides is 1. The maximum atomic E-state index is 13.8. The maximum Gasteiger partial charge on any atom is 0.240 e. The molecular weight excluding hydrogens is 432 g/mol. The molecule has 1 amide bonds. The van der Waals surface area contributed by atoms with E-state index in [1.807, 2.05) is 48.5 Å². The van der Waals surface area contributed by atoms with Crippen LogP contribution in [-0.2, 0) is 4.79 Å². The van der Waals surface area contributed by atoms with Gasteiger partial charge in [-0.05, 0) is 59.5 Å². The summed E-state index contributed by atoms with van der Waals surface area (Å²) in [4.78, 5) is 12.1. The number of carbonyl (C=O) groups excluding carboxylic acids is 1. The van der Waals surface area contributed by atoms with E-state index in [0.29, 0.717) is 12.1 Å². The zero-order valence-electron chi connectivity index (χ0n) is 17.5. The molecule has 0 radical (unpaired) electrons. The largest absolute Gasteiger partial charge is 0.497 e. The Hall–Kier alpha value is -3.39. The second-order valence-corrected chi connectivity index (χ2v) is 8.05. The number of nitrogens with zero attached hydrogens (tertiary/aromatic N) is 2. The summed E-state index contributed by atoms with van der Waals surface area (Å²) in [5, 5.41) is 6.05. The molecule has 3 aromatic carbocycles. The molecule has 1 aliphatic rings. The van der Waals surface area contributed by atoms with Crippen molar-refractivity contribution in [2.24, 2.45) is 5.10 Å². The summed E-state index contributed by atoms with van der Waals surface area (Å²) in [6, 6.07) is 18.5. The summed E-state index contributed by atoms with van der Waals surface area (Å²) in [5.74, 6) is -0.623. The van der Waals surface area contributed by atoms with Crippen LogP contribution in [0, 0.1) is 11.6 Å². The first kappa shape index (κ1) is 21.8. The zero-order chi connectivity index (χ0) is 22.7. The van der Waals surface area contributed by atoms with Gasteiger partial charge in [0.05, 0.1) is 23.8 Å². The topological polar surface area (TPSA) is 53.9 Å². The molecule has 32 heavy (non-hydrogen) atoms. The van der Waals surface area contributed by atoms with E-state index in [1.165, 1.54) is 30.1 Å². The summed E-state index contributed by atoms with van der Waals surface area (Å²) >= 11 is 0.876. The van der Waals surface area contributed by atoms with E-state index in [4.69, 9.17) is 4.74 Å². The Labute approximate surface area is 189 Å². The van der Waals surface area contributed by atoms with Crippen molar-refractivity contribution in [3.63, 3.8) is 0 Å². The highest BCUT2D eigenvalue weighted by Crippen LogP contribution is 2.34. The molecule has 1 aliphatic heterocycles. The van der Waals surface area contributed by atoms with Gasteiger partial charge in [0.1, 0.15) is 17.4 Å². The summed E-state index contributed by atoms with van der Waals surface area (Å²) < 4.78 is 35.7. The van der Waals surface area contributed by atoms with E-state index >= 15 is 0 Å². The number of hydrogen-bond donors (Lipinski definition) is 1. The first-order valence-electron chi connectivity index (χ1n) is 9.95. The Morgan fingerprint density at radius 1 is 1.06 bits per heavy atom. The van der Waals surface area contributed by atoms with Gasteiger partial charge in [0, 0.05) is 19.0 Å². The lowest BCUT2D eigenvalue weighted by atomic mass is 9.98. The van der Waals surface area contributed by atoms with Gasteiger partial charge in [-0.1, -0.05) is 30.3 Å². The lowest BCUT2D eigenvalue weighted by Gasteiger charge is -2.20. The minimum atomic E-state index is -0.617. The summed E-state index contributed by atoms with van der Waals surface area (Å²) in [5.41, 5.74) is 3.33. The predicted molar refractivity (Wildman–Crippen MR) is 122 cm³/mol. The lowest BCUT2D eigenvalue weighted by molar-refractivity contribution is -0.130. The molecule has 1 heterocycles. The third-order valence-electron chi connectivity index (χ3n) is 5.14. The van der Waals surface area contributed by atoms with E-state index in [0.717, 1.165) is 34.5 Å². The number of ether oxygens (including phenoxy) is 1. The van der Waals surface area contributed by atoms with Gasteiger partial charge in [0.2, 0.25) is 5.91 Å². The van der Waals surface area contributed by atoms with Crippen LogP contribution < -0.4 is 9.46 Å². The molecule has 0 spiro atoms. The van der Waals surface area contributed by atoms with E-state index in [9.17, 15) is 13.6 Å². The average Bonchev–Trinajstić information content (AvgIpc) is 3.25. The van der Waals surface area contributed by atoms with Crippen LogP contribution in [0.2, 0.25) is 0 Å². The summed E-state index contributed by atoms with van der Waals surface area (Å²) in [6.45, 7) is 1.50. The van der Waals surface area contributed by atoms with Gasteiger partial charge >= 0.3 is 0 Å². The van der Waals surface area contributed by atoms with E-state index in [1.54, 1.807) is 7.11 Å². The van der Waals surface area contributed by atoms with Gasteiger partial charge in [-0.15, -0.1) is 0 Å². The third-order valence-corrected chi connectivity index (χ3v) is 6.07. The fourth-order valence-corrected chi connectivity index (χ4v) is 4.17. The maximum absolute atomic E-state index is 13.8. The second kappa shape index (κ2) is 9.40. The van der Waals surface area contributed by atoms with Crippen molar-refractivity contribution in [1.82, 2.24) is 5.01 Å². The highest BCUT2D eigenvalue weighted by molar-refractivity contribution is 8.00. The fourth-order valence-electron chi connectivity index (χ4n) is 3.48. The van der Waals surface area contributed by atoms with Crippen LogP contribution in [0.15, 0.2) is 76.7 Å². The number of halogens is 2. The SMILES string of the molecule is COc1ccc(C2CC(c3ccc(NSc4c(F)cccc4F)cc3)=NN2C(C)=O)cc1. The van der Waals surface area contributed by atoms with Gasteiger partial charge in [0.25, 0.3) is 0 Å². The molecule has 4 rings (SSSR count). The molecule has 0 saturated heterocycles. The molecule has 164 valence electrons. The smallest absolute Gasteiger partial charge is 0.240 e. The second-order valence-electron chi connectivity index (χ2n) is 7.24. The number of rotatable bonds is 6. The molecule has 0 bridgehead atoms. The molecule has 8 heteroatoms. The number of hydrazone groups is 1. The van der Waals surface area contributed by atoms with E-state index in [2.05, 4.69) is 9.82 Å². The Bertz CT molecular complexity index is 1130. The van der Waals surface area contributed by atoms with Gasteiger partial charge < -0.3 is 9.46 Å². The number of anilines is 1. The van der Waals surface area contributed by atoms with Gasteiger partial charge in [-0.3, -0.25) is 4.79 Å². The number of nitrogens with one attached hydrogen (secondary N) is 1. The highest BCUT2D eigenvalue weighted by Gasteiger charge is 2.31. The van der Waals surface area contributed by atoms with E-state index < -0.39 is 11.6 Å². The predicted octanol–water partition coefficient (Wildman–Crippen LogP) is 5.79. The molecule has 0 aliphatic carbocycles. The van der Waals surface area contributed by atoms with Crippen LogP contribution in [0.5, 0.6) is 5.75 Å². The first-order valence-corrected chi connectivity index (χ1v) is 10.8.